The molecule has 0 fully saturated rings. The Kier molecular flexibility index (Phi) is 6.91. The van der Waals surface area contributed by atoms with Gasteiger partial charge in [-0.05, 0) is 29.8 Å². The Hall–Kier alpha value is -3.15. The van der Waals surface area contributed by atoms with Gasteiger partial charge >= 0.3 is 5.97 Å². The second-order valence-corrected chi connectivity index (χ2v) is 5.80. The summed E-state index contributed by atoms with van der Waals surface area (Å²) in [4.78, 5) is 35.5. The molecule has 6 heteroatoms. The van der Waals surface area contributed by atoms with Crippen LogP contribution in [0, 0.1) is 0 Å². The molecule has 1 amide bonds. The number of ketones is 1. The molecule has 0 bridgehead atoms. The van der Waals surface area contributed by atoms with E-state index in [2.05, 4.69) is 5.32 Å². The summed E-state index contributed by atoms with van der Waals surface area (Å²) in [6.45, 7) is 0. The van der Waals surface area contributed by atoms with Crippen molar-refractivity contribution in [1.82, 2.24) is 5.32 Å². The molecule has 0 aliphatic heterocycles. The number of Topliss-reactive ketones (excluding diaryl/α,β-unsaturated/α-hetero) is 1. The predicted molar refractivity (Wildman–Crippen MR) is 96.3 cm³/mol. The number of hydrogen-bond acceptors (Lipinski definition) is 4. The van der Waals surface area contributed by atoms with E-state index in [1.807, 2.05) is 18.2 Å². The number of carboxylic acid groups (broad SMARTS) is 1. The van der Waals surface area contributed by atoms with Crippen LogP contribution in [0.2, 0.25) is 0 Å². The quantitative estimate of drug-likeness (QED) is 0.674. The van der Waals surface area contributed by atoms with E-state index < -0.39 is 17.9 Å². The van der Waals surface area contributed by atoms with Gasteiger partial charge < -0.3 is 15.2 Å². The van der Waals surface area contributed by atoms with E-state index >= 15 is 0 Å². The van der Waals surface area contributed by atoms with Crippen LogP contribution in [0.25, 0.3) is 0 Å². The number of carbonyl (C=O) groups excluding carboxylic acids is 2. The van der Waals surface area contributed by atoms with Crippen LogP contribution in [0.3, 0.4) is 0 Å². The monoisotopic (exact) mass is 355 g/mol. The van der Waals surface area contributed by atoms with Crippen molar-refractivity contribution in [2.45, 2.75) is 25.3 Å². The van der Waals surface area contributed by atoms with E-state index in [1.165, 1.54) is 7.11 Å². The molecule has 26 heavy (non-hydrogen) atoms. The lowest BCUT2D eigenvalue weighted by Gasteiger charge is -2.14. The number of carbonyl (C=O) groups is 3. The van der Waals surface area contributed by atoms with Crippen LogP contribution in [0.1, 0.15) is 28.8 Å². The second-order valence-electron chi connectivity index (χ2n) is 5.80. The third kappa shape index (κ3) is 5.73. The first-order valence-electron chi connectivity index (χ1n) is 8.23. The van der Waals surface area contributed by atoms with Gasteiger partial charge in [0.1, 0.15) is 11.8 Å². The van der Waals surface area contributed by atoms with Crippen LogP contribution < -0.4 is 10.1 Å². The fraction of sp³-hybridized carbons (Fsp3) is 0.250. The number of rotatable bonds is 9. The SMILES string of the molecule is COc1ccc(C(=O)CCC(=O)N[C@@H](Cc2ccccc2)C(=O)O)cc1. The molecule has 0 aliphatic carbocycles. The number of hydrogen-bond donors (Lipinski definition) is 2. The summed E-state index contributed by atoms with van der Waals surface area (Å²) in [6.07, 6.45) is 0.133. The number of nitrogens with one attached hydrogen (secondary N) is 1. The van der Waals surface area contributed by atoms with Gasteiger partial charge in [-0.3, -0.25) is 9.59 Å². The first kappa shape index (κ1) is 19.2. The zero-order valence-corrected chi connectivity index (χ0v) is 14.5. The molecule has 2 N–H and O–H groups in total. The van der Waals surface area contributed by atoms with Crippen LogP contribution in [-0.4, -0.2) is 35.9 Å². The molecular formula is C20H21NO5. The Balaban J connectivity index is 1.87. The summed E-state index contributed by atoms with van der Waals surface area (Å²) >= 11 is 0. The van der Waals surface area contributed by atoms with Gasteiger partial charge in [0.2, 0.25) is 5.91 Å². The highest BCUT2D eigenvalue weighted by Crippen LogP contribution is 2.13. The zero-order chi connectivity index (χ0) is 18.9. The summed E-state index contributed by atoms with van der Waals surface area (Å²) in [5.41, 5.74) is 1.30. The molecule has 0 heterocycles. The Labute approximate surface area is 151 Å². The highest BCUT2D eigenvalue weighted by molar-refractivity contribution is 5.98. The highest BCUT2D eigenvalue weighted by atomic mass is 16.5. The first-order chi connectivity index (χ1) is 12.5. The summed E-state index contributed by atoms with van der Waals surface area (Å²) in [5.74, 6) is -1.11. The Morgan fingerprint density at radius 3 is 2.23 bits per heavy atom. The van der Waals surface area contributed by atoms with Gasteiger partial charge in [-0.1, -0.05) is 30.3 Å². The van der Waals surface area contributed by atoms with Crippen molar-refractivity contribution >= 4 is 17.7 Å². The van der Waals surface area contributed by atoms with E-state index in [1.54, 1.807) is 36.4 Å². The van der Waals surface area contributed by atoms with Crippen molar-refractivity contribution in [3.8, 4) is 5.75 Å². The minimum absolute atomic E-state index is 0.00976. The summed E-state index contributed by atoms with van der Waals surface area (Å²) in [5, 5.41) is 11.8. The maximum atomic E-state index is 12.1. The number of carboxylic acids is 1. The molecule has 2 aromatic rings. The lowest BCUT2D eigenvalue weighted by Crippen LogP contribution is -2.42. The Bertz CT molecular complexity index is 756. The van der Waals surface area contributed by atoms with Gasteiger partial charge in [0, 0.05) is 24.8 Å². The van der Waals surface area contributed by atoms with Crippen molar-refractivity contribution in [2.24, 2.45) is 0 Å². The van der Waals surface area contributed by atoms with Crippen molar-refractivity contribution in [2.75, 3.05) is 7.11 Å². The topological polar surface area (TPSA) is 92.7 Å². The summed E-state index contributed by atoms with van der Waals surface area (Å²) < 4.78 is 5.03. The molecule has 2 aromatic carbocycles. The number of aliphatic carboxylic acids is 1. The van der Waals surface area contributed by atoms with E-state index in [4.69, 9.17) is 4.74 Å². The third-order valence-electron chi connectivity index (χ3n) is 3.91. The average molecular weight is 355 g/mol. The van der Waals surface area contributed by atoms with Crippen LogP contribution >= 0.6 is 0 Å². The van der Waals surface area contributed by atoms with Crippen molar-refractivity contribution in [3.63, 3.8) is 0 Å². The number of benzene rings is 2. The molecule has 1 atom stereocenters. The van der Waals surface area contributed by atoms with E-state index in [-0.39, 0.29) is 25.0 Å². The molecule has 0 saturated heterocycles. The summed E-state index contributed by atoms with van der Waals surface area (Å²) in [6, 6.07) is 14.6. The van der Waals surface area contributed by atoms with Gasteiger partial charge in [-0.15, -0.1) is 0 Å². The maximum Gasteiger partial charge on any atom is 0.326 e. The van der Waals surface area contributed by atoms with E-state index in [9.17, 15) is 19.5 Å². The number of ether oxygens (including phenoxy) is 1. The molecule has 2 rings (SSSR count). The molecule has 0 aromatic heterocycles. The molecule has 0 aliphatic rings. The summed E-state index contributed by atoms with van der Waals surface area (Å²) in [7, 11) is 1.54. The predicted octanol–water partition coefficient (Wildman–Crippen LogP) is 2.47. The lowest BCUT2D eigenvalue weighted by atomic mass is 10.0. The normalized spacial score (nSPS) is 11.4. The molecule has 0 radical (unpaired) electrons. The van der Waals surface area contributed by atoms with Crippen LogP contribution in [0.4, 0.5) is 0 Å². The largest absolute Gasteiger partial charge is 0.497 e. The van der Waals surface area contributed by atoms with Crippen molar-refractivity contribution in [1.29, 1.82) is 0 Å². The van der Waals surface area contributed by atoms with Gasteiger partial charge in [0.05, 0.1) is 7.11 Å². The first-order valence-corrected chi connectivity index (χ1v) is 8.23. The van der Waals surface area contributed by atoms with E-state index in [0.717, 1.165) is 5.56 Å². The Morgan fingerprint density at radius 1 is 1.00 bits per heavy atom. The molecule has 136 valence electrons. The fourth-order valence-corrected chi connectivity index (χ4v) is 2.46. The molecular weight excluding hydrogens is 334 g/mol. The Morgan fingerprint density at radius 2 is 1.65 bits per heavy atom. The highest BCUT2D eigenvalue weighted by Gasteiger charge is 2.20. The molecule has 0 unspecified atom stereocenters. The van der Waals surface area contributed by atoms with Gasteiger partial charge in [0.15, 0.2) is 5.78 Å². The second kappa shape index (κ2) is 9.36. The van der Waals surface area contributed by atoms with Crippen LogP contribution in [0.15, 0.2) is 54.6 Å². The standard InChI is InChI=1S/C20H21NO5/c1-26-16-9-7-15(8-10-16)18(22)11-12-19(23)21-17(20(24)25)13-14-5-3-2-4-6-14/h2-10,17H,11-13H2,1H3,(H,21,23)(H,24,25)/t17-/m0/s1. The van der Waals surface area contributed by atoms with Crippen molar-refractivity contribution in [3.05, 3.63) is 65.7 Å². The van der Waals surface area contributed by atoms with Crippen molar-refractivity contribution < 1.29 is 24.2 Å². The van der Waals surface area contributed by atoms with E-state index in [0.29, 0.717) is 11.3 Å². The maximum absolute atomic E-state index is 12.1. The van der Waals surface area contributed by atoms with Crippen LogP contribution in [-0.2, 0) is 16.0 Å². The van der Waals surface area contributed by atoms with Gasteiger partial charge in [-0.2, -0.15) is 0 Å². The minimum atomic E-state index is -1.11. The number of methoxy groups -OCH3 is 1. The molecule has 0 saturated carbocycles. The smallest absolute Gasteiger partial charge is 0.326 e. The average Bonchev–Trinajstić information content (AvgIpc) is 2.66. The van der Waals surface area contributed by atoms with Crippen LogP contribution in [0.5, 0.6) is 5.75 Å². The fourth-order valence-electron chi connectivity index (χ4n) is 2.46. The molecule has 6 nitrogen and oxygen atoms in total. The number of amides is 1. The lowest BCUT2D eigenvalue weighted by molar-refractivity contribution is -0.141. The minimum Gasteiger partial charge on any atom is -0.497 e. The zero-order valence-electron chi connectivity index (χ0n) is 14.5. The molecule has 0 spiro atoms. The van der Waals surface area contributed by atoms with Gasteiger partial charge in [0.25, 0.3) is 0 Å². The van der Waals surface area contributed by atoms with Gasteiger partial charge in [-0.25, -0.2) is 4.79 Å². The third-order valence-corrected chi connectivity index (χ3v) is 3.91.